The predicted molar refractivity (Wildman–Crippen MR) is 56.0 cm³/mol. The van der Waals surface area contributed by atoms with E-state index < -0.39 is 16.0 Å². The Bertz CT molecular complexity index is 464. The summed E-state index contributed by atoms with van der Waals surface area (Å²) in [5.74, 6) is -1.29. The largest absolute Gasteiger partial charge is 0.550 e. The zero-order chi connectivity index (χ0) is 12.2. The summed E-state index contributed by atoms with van der Waals surface area (Å²) < 4.78 is 25.4. The van der Waals surface area contributed by atoms with Crippen LogP contribution in [0.1, 0.15) is 12.0 Å². The summed E-state index contributed by atoms with van der Waals surface area (Å²) in [6.07, 6.45) is -0.342. The molecule has 0 spiro atoms. The van der Waals surface area contributed by atoms with E-state index in [1.165, 1.54) is 12.1 Å². The predicted octanol–water partition coefficient (Wildman–Crippen LogP) is -0.587. The molecule has 0 bridgehead atoms. The summed E-state index contributed by atoms with van der Waals surface area (Å²) in [6.45, 7) is 1.68. The van der Waals surface area contributed by atoms with Crippen LogP contribution in [0.15, 0.2) is 29.2 Å². The highest BCUT2D eigenvalue weighted by Crippen LogP contribution is 2.09. The van der Waals surface area contributed by atoms with E-state index in [1.54, 1.807) is 12.1 Å². The number of hydrogen-bond donors (Lipinski definition) is 1. The zero-order valence-corrected chi connectivity index (χ0v) is 9.58. The molecule has 0 heterocycles. The van der Waals surface area contributed by atoms with Crippen molar-refractivity contribution in [2.45, 2.75) is 18.2 Å². The van der Waals surface area contributed by atoms with E-state index in [-0.39, 0.29) is 17.9 Å². The molecule has 1 rings (SSSR count). The van der Waals surface area contributed by atoms with Crippen molar-refractivity contribution in [1.82, 2.24) is 4.72 Å². The Morgan fingerprint density at radius 3 is 2.38 bits per heavy atom. The fourth-order valence-electron chi connectivity index (χ4n) is 1.09. The first-order chi connectivity index (χ1) is 7.42. The van der Waals surface area contributed by atoms with E-state index >= 15 is 0 Å². The molecule has 0 aliphatic carbocycles. The number of carbonyl (C=O) groups excluding carboxylic acids is 1. The Labute approximate surface area is 94.2 Å². The second-order valence-electron chi connectivity index (χ2n) is 3.33. The second kappa shape index (κ2) is 5.09. The van der Waals surface area contributed by atoms with Gasteiger partial charge in [-0.25, -0.2) is 13.1 Å². The van der Waals surface area contributed by atoms with E-state index in [0.717, 1.165) is 5.56 Å². The van der Waals surface area contributed by atoms with Gasteiger partial charge in [-0.2, -0.15) is 0 Å². The highest BCUT2D eigenvalue weighted by Gasteiger charge is 2.12. The van der Waals surface area contributed by atoms with Crippen LogP contribution >= 0.6 is 0 Å². The van der Waals surface area contributed by atoms with E-state index in [0.29, 0.717) is 0 Å². The smallest absolute Gasteiger partial charge is 0.240 e. The van der Waals surface area contributed by atoms with Crippen molar-refractivity contribution in [3.8, 4) is 0 Å². The zero-order valence-electron chi connectivity index (χ0n) is 8.76. The standard InChI is InChI=1S/C10H13NO4S/c1-8-2-4-9(5-3-8)16(14,15)11-7-6-10(12)13/h2-5,11H,6-7H2,1H3,(H,12,13)/p-1. The number of carbonyl (C=O) groups is 1. The molecule has 0 amide bonds. The molecule has 0 saturated carbocycles. The maximum absolute atomic E-state index is 11.6. The Morgan fingerprint density at radius 2 is 1.88 bits per heavy atom. The van der Waals surface area contributed by atoms with Gasteiger partial charge in [-0.3, -0.25) is 0 Å². The Balaban J connectivity index is 2.71. The number of rotatable bonds is 5. The average molecular weight is 242 g/mol. The van der Waals surface area contributed by atoms with Crippen LogP contribution in [0.25, 0.3) is 0 Å². The van der Waals surface area contributed by atoms with E-state index in [1.807, 2.05) is 6.92 Å². The fourth-order valence-corrected chi connectivity index (χ4v) is 2.12. The lowest BCUT2D eigenvalue weighted by molar-refractivity contribution is -0.305. The van der Waals surface area contributed by atoms with Crippen molar-refractivity contribution in [3.63, 3.8) is 0 Å². The molecule has 16 heavy (non-hydrogen) atoms. The van der Waals surface area contributed by atoms with Crippen LogP contribution in [-0.2, 0) is 14.8 Å². The van der Waals surface area contributed by atoms with Crippen LogP contribution in [-0.4, -0.2) is 20.9 Å². The SMILES string of the molecule is Cc1ccc(S(=O)(=O)NCCC(=O)[O-])cc1. The minimum atomic E-state index is -3.61. The number of carboxylic acids is 1. The number of sulfonamides is 1. The minimum Gasteiger partial charge on any atom is -0.550 e. The number of carboxylic acid groups (broad SMARTS) is 1. The van der Waals surface area contributed by atoms with Crippen LogP contribution in [0.2, 0.25) is 0 Å². The number of aryl methyl sites for hydroxylation is 1. The van der Waals surface area contributed by atoms with Crippen molar-refractivity contribution in [3.05, 3.63) is 29.8 Å². The van der Waals surface area contributed by atoms with Crippen molar-refractivity contribution in [2.75, 3.05) is 6.54 Å². The lowest BCUT2D eigenvalue weighted by Gasteiger charge is -2.07. The first kappa shape index (κ1) is 12.7. The molecular formula is C10H12NO4S-. The molecule has 0 aliphatic rings. The monoisotopic (exact) mass is 242 g/mol. The van der Waals surface area contributed by atoms with Gasteiger partial charge in [-0.1, -0.05) is 17.7 Å². The summed E-state index contributed by atoms with van der Waals surface area (Å²) in [5.41, 5.74) is 0.952. The lowest BCUT2D eigenvalue weighted by Crippen LogP contribution is -2.31. The average Bonchev–Trinajstić information content (AvgIpc) is 2.17. The Hall–Kier alpha value is -1.40. The number of nitrogens with one attached hydrogen (secondary N) is 1. The number of hydrogen-bond acceptors (Lipinski definition) is 4. The van der Waals surface area contributed by atoms with Gasteiger partial charge in [-0.15, -0.1) is 0 Å². The van der Waals surface area contributed by atoms with Crippen LogP contribution in [0.4, 0.5) is 0 Å². The molecule has 0 radical (unpaired) electrons. The fraction of sp³-hybridized carbons (Fsp3) is 0.300. The molecule has 0 fully saturated rings. The molecule has 1 aromatic rings. The summed E-state index contributed by atoms with van der Waals surface area (Å²) >= 11 is 0. The van der Waals surface area contributed by atoms with Gasteiger partial charge >= 0.3 is 0 Å². The maximum Gasteiger partial charge on any atom is 0.240 e. The minimum absolute atomic E-state index is 0.122. The highest BCUT2D eigenvalue weighted by molar-refractivity contribution is 7.89. The van der Waals surface area contributed by atoms with Crippen LogP contribution in [0, 0.1) is 6.92 Å². The van der Waals surface area contributed by atoms with Gasteiger partial charge in [0.1, 0.15) is 0 Å². The first-order valence-corrected chi connectivity index (χ1v) is 6.16. The molecule has 6 heteroatoms. The molecule has 0 saturated heterocycles. The summed E-state index contributed by atoms with van der Waals surface area (Å²) in [6, 6.07) is 6.29. The highest BCUT2D eigenvalue weighted by atomic mass is 32.2. The van der Waals surface area contributed by atoms with Crippen molar-refractivity contribution < 1.29 is 18.3 Å². The van der Waals surface area contributed by atoms with Gasteiger partial charge in [0.2, 0.25) is 10.0 Å². The molecule has 0 unspecified atom stereocenters. The summed E-state index contributed by atoms with van der Waals surface area (Å²) in [5, 5.41) is 10.1. The number of benzene rings is 1. The van der Waals surface area contributed by atoms with Crippen LogP contribution in [0.3, 0.4) is 0 Å². The molecule has 0 atom stereocenters. The maximum atomic E-state index is 11.6. The van der Waals surface area contributed by atoms with E-state index in [9.17, 15) is 18.3 Å². The molecule has 1 N–H and O–H groups in total. The van der Waals surface area contributed by atoms with Gasteiger partial charge in [0.25, 0.3) is 0 Å². The lowest BCUT2D eigenvalue weighted by atomic mass is 10.2. The van der Waals surface area contributed by atoms with Gasteiger partial charge in [-0.05, 0) is 19.1 Å². The third-order valence-electron chi connectivity index (χ3n) is 1.95. The first-order valence-electron chi connectivity index (χ1n) is 4.68. The van der Waals surface area contributed by atoms with Crippen molar-refractivity contribution >= 4 is 16.0 Å². The normalized spacial score (nSPS) is 11.3. The molecule has 88 valence electrons. The van der Waals surface area contributed by atoms with Crippen molar-refractivity contribution in [2.24, 2.45) is 0 Å². The van der Waals surface area contributed by atoms with Crippen LogP contribution in [0.5, 0.6) is 0 Å². The molecular weight excluding hydrogens is 230 g/mol. The number of aliphatic carboxylic acids is 1. The third-order valence-corrected chi connectivity index (χ3v) is 3.43. The molecule has 0 aliphatic heterocycles. The molecule has 5 nitrogen and oxygen atoms in total. The Kier molecular flexibility index (Phi) is 4.03. The topological polar surface area (TPSA) is 86.3 Å². The molecule has 0 aromatic heterocycles. The van der Waals surface area contributed by atoms with Gasteiger partial charge in [0.15, 0.2) is 0 Å². The van der Waals surface area contributed by atoms with Crippen molar-refractivity contribution in [1.29, 1.82) is 0 Å². The van der Waals surface area contributed by atoms with E-state index in [4.69, 9.17) is 0 Å². The Morgan fingerprint density at radius 1 is 1.31 bits per heavy atom. The van der Waals surface area contributed by atoms with Gasteiger partial charge < -0.3 is 9.90 Å². The third kappa shape index (κ3) is 3.63. The van der Waals surface area contributed by atoms with Crippen LogP contribution < -0.4 is 9.83 Å². The second-order valence-corrected chi connectivity index (χ2v) is 5.10. The quantitative estimate of drug-likeness (QED) is 0.748. The van der Waals surface area contributed by atoms with E-state index in [2.05, 4.69) is 4.72 Å². The molecule has 1 aromatic carbocycles. The summed E-state index contributed by atoms with van der Waals surface area (Å²) in [4.78, 5) is 10.2. The van der Waals surface area contributed by atoms with Gasteiger partial charge in [0, 0.05) is 18.9 Å². The van der Waals surface area contributed by atoms with Gasteiger partial charge in [0.05, 0.1) is 4.90 Å². The summed E-state index contributed by atoms with van der Waals surface area (Å²) in [7, 11) is -3.61.